The van der Waals surface area contributed by atoms with Gasteiger partial charge >= 0.3 is 7.12 Å². The summed E-state index contributed by atoms with van der Waals surface area (Å²) in [5, 5.41) is 21.0. The molecule has 1 fully saturated rings. The quantitative estimate of drug-likeness (QED) is 0.462. The van der Waals surface area contributed by atoms with E-state index < -0.39 is 13.1 Å². The molecule has 1 aliphatic heterocycles. The third-order valence-electron chi connectivity index (χ3n) is 2.93. The molecule has 0 atom stereocenters. The molecule has 0 bridgehead atoms. The van der Waals surface area contributed by atoms with Crippen LogP contribution >= 0.6 is 0 Å². The monoisotopic (exact) mass is 224 g/mol. The Morgan fingerprint density at radius 1 is 1.31 bits per heavy atom. The van der Waals surface area contributed by atoms with E-state index in [1.165, 1.54) is 6.07 Å². The molecule has 4 nitrogen and oxygen atoms in total. The summed E-state index contributed by atoms with van der Waals surface area (Å²) in [5.74, 6) is -0.522. The standard InChI is InChI=1S/C10H14BFN2O2/c12-10-8(11(15)16)1-2-9(14-10)7-3-5-13-6-4-7/h1-2,7,13,15-16H,3-6H2. The molecule has 86 valence electrons. The van der Waals surface area contributed by atoms with Gasteiger partial charge in [0.25, 0.3) is 0 Å². The highest BCUT2D eigenvalue weighted by Crippen LogP contribution is 2.22. The fourth-order valence-corrected chi connectivity index (χ4v) is 2.00. The van der Waals surface area contributed by atoms with Crippen molar-refractivity contribution < 1.29 is 14.4 Å². The van der Waals surface area contributed by atoms with Crippen molar-refractivity contribution in [2.45, 2.75) is 18.8 Å². The van der Waals surface area contributed by atoms with Crippen LogP contribution in [0.4, 0.5) is 4.39 Å². The molecule has 16 heavy (non-hydrogen) atoms. The molecule has 3 N–H and O–H groups in total. The Bertz CT molecular complexity index is 370. The predicted octanol–water partition coefficient (Wildman–Crippen LogP) is -0.633. The van der Waals surface area contributed by atoms with Gasteiger partial charge in [0.2, 0.25) is 5.95 Å². The van der Waals surface area contributed by atoms with Gasteiger partial charge in [0.1, 0.15) is 0 Å². The fraction of sp³-hybridized carbons (Fsp3) is 0.500. The Hall–Kier alpha value is -0.975. The number of piperidine rings is 1. The maximum atomic E-state index is 13.4. The van der Waals surface area contributed by atoms with Gasteiger partial charge in [-0.2, -0.15) is 4.39 Å². The Morgan fingerprint density at radius 3 is 2.56 bits per heavy atom. The predicted molar refractivity (Wildman–Crippen MR) is 58.9 cm³/mol. The zero-order chi connectivity index (χ0) is 11.5. The maximum absolute atomic E-state index is 13.4. The van der Waals surface area contributed by atoms with Crippen molar-refractivity contribution in [2.75, 3.05) is 13.1 Å². The third kappa shape index (κ3) is 2.40. The normalized spacial score (nSPS) is 17.4. The van der Waals surface area contributed by atoms with Crippen LogP contribution in [-0.4, -0.2) is 35.2 Å². The van der Waals surface area contributed by atoms with Crippen molar-refractivity contribution in [3.05, 3.63) is 23.8 Å². The van der Waals surface area contributed by atoms with Crippen LogP contribution in [0.15, 0.2) is 12.1 Å². The van der Waals surface area contributed by atoms with Gasteiger partial charge < -0.3 is 15.4 Å². The minimum absolute atomic E-state index is 0.169. The molecule has 6 heteroatoms. The highest BCUT2D eigenvalue weighted by atomic mass is 19.1. The number of nitrogens with zero attached hydrogens (tertiary/aromatic N) is 1. The molecule has 0 radical (unpaired) electrons. The molecule has 1 aliphatic rings. The van der Waals surface area contributed by atoms with Gasteiger partial charge in [0.15, 0.2) is 0 Å². The fourth-order valence-electron chi connectivity index (χ4n) is 2.00. The van der Waals surface area contributed by atoms with Crippen molar-refractivity contribution in [3.63, 3.8) is 0 Å². The van der Waals surface area contributed by atoms with E-state index >= 15 is 0 Å². The Balaban J connectivity index is 2.19. The summed E-state index contributed by atoms with van der Waals surface area (Å²) in [4.78, 5) is 3.80. The largest absolute Gasteiger partial charge is 0.493 e. The van der Waals surface area contributed by atoms with E-state index in [1.54, 1.807) is 6.07 Å². The van der Waals surface area contributed by atoms with Gasteiger partial charge in [-0.05, 0) is 32.0 Å². The Labute approximate surface area is 93.7 Å². The summed E-state index contributed by atoms with van der Waals surface area (Å²) in [6.07, 6.45) is 1.88. The number of halogens is 1. The second kappa shape index (κ2) is 4.90. The number of hydrogen-bond donors (Lipinski definition) is 3. The number of rotatable bonds is 2. The molecule has 0 aromatic carbocycles. The topological polar surface area (TPSA) is 65.4 Å². The molecule has 1 saturated heterocycles. The highest BCUT2D eigenvalue weighted by molar-refractivity contribution is 6.58. The second-order valence-electron chi connectivity index (χ2n) is 4.01. The van der Waals surface area contributed by atoms with Gasteiger partial charge in [-0.15, -0.1) is 0 Å². The zero-order valence-electron chi connectivity index (χ0n) is 8.86. The first-order chi connectivity index (χ1) is 7.68. The minimum Gasteiger partial charge on any atom is -0.423 e. The van der Waals surface area contributed by atoms with Gasteiger partial charge in [-0.3, -0.25) is 0 Å². The van der Waals surface area contributed by atoms with Crippen LogP contribution in [0.25, 0.3) is 0 Å². The highest BCUT2D eigenvalue weighted by Gasteiger charge is 2.21. The Morgan fingerprint density at radius 2 is 2.00 bits per heavy atom. The summed E-state index contributed by atoms with van der Waals surface area (Å²) >= 11 is 0. The Kier molecular flexibility index (Phi) is 3.53. The van der Waals surface area contributed by atoms with E-state index in [4.69, 9.17) is 10.0 Å². The molecular formula is C10H14BFN2O2. The van der Waals surface area contributed by atoms with Crippen molar-refractivity contribution >= 4 is 12.6 Å². The van der Waals surface area contributed by atoms with Crippen LogP contribution in [0.2, 0.25) is 0 Å². The first-order valence-corrected chi connectivity index (χ1v) is 5.41. The van der Waals surface area contributed by atoms with Crippen molar-refractivity contribution in [2.24, 2.45) is 0 Å². The second-order valence-corrected chi connectivity index (χ2v) is 4.01. The summed E-state index contributed by atoms with van der Waals surface area (Å²) in [6.45, 7) is 1.83. The lowest BCUT2D eigenvalue weighted by molar-refractivity contribution is 0.420. The van der Waals surface area contributed by atoms with Crippen LogP contribution in [0.1, 0.15) is 24.5 Å². The van der Waals surface area contributed by atoms with E-state index in [1.807, 2.05) is 0 Å². The lowest BCUT2D eigenvalue weighted by atomic mass is 9.80. The number of pyridine rings is 1. The van der Waals surface area contributed by atoms with Crippen molar-refractivity contribution in [1.29, 1.82) is 0 Å². The van der Waals surface area contributed by atoms with Gasteiger partial charge in [-0.25, -0.2) is 4.98 Å². The van der Waals surface area contributed by atoms with E-state index in [0.29, 0.717) is 5.69 Å². The summed E-state index contributed by atoms with van der Waals surface area (Å²) in [6, 6.07) is 3.07. The van der Waals surface area contributed by atoms with Gasteiger partial charge in [-0.1, -0.05) is 6.07 Å². The first kappa shape index (κ1) is 11.5. The van der Waals surface area contributed by atoms with Gasteiger partial charge in [0.05, 0.1) is 0 Å². The summed E-state index contributed by atoms with van der Waals surface area (Å²) in [7, 11) is -1.80. The molecule has 0 aliphatic carbocycles. The van der Waals surface area contributed by atoms with Crippen LogP contribution in [-0.2, 0) is 0 Å². The molecule has 0 unspecified atom stereocenters. The molecule has 2 heterocycles. The third-order valence-corrected chi connectivity index (χ3v) is 2.93. The number of nitrogens with one attached hydrogen (secondary N) is 1. The van der Waals surface area contributed by atoms with Crippen molar-refractivity contribution in [3.8, 4) is 0 Å². The average molecular weight is 224 g/mol. The van der Waals surface area contributed by atoms with Gasteiger partial charge in [0, 0.05) is 17.1 Å². The van der Waals surface area contributed by atoms with Crippen LogP contribution < -0.4 is 10.8 Å². The molecular weight excluding hydrogens is 210 g/mol. The molecule has 1 aromatic rings. The number of hydrogen-bond acceptors (Lipinski definition) is 4. The summed E-state index contributed by atoms with van der Waals surface area (Å²) < 4.78 is 13.4. The maximum Gasteiger partial charge on any atom is 0.493 e. The summed E-state index contributed by atoms with van der Waals surface area (Å²) in [5.41, 5.74) is 0.529. The smallest absolute Gasteiger partial charge is 0.423 e. The molecule has 2 rings (SSSR count). The van der Waals surface area contributed by atoms with Crippen LogP contribution in [0.3, 0.4) is 0 Å². The van der Waals surface area contributed by atoms with E-state index in [2.05, 4.69) is 10.3 Å². The van der Waals surface area contributed by atoms with Crippen molar-refractivity contribution in [1.82, 2.24) is 10.3 Å². The molecule has 0 amide bonds. The van der Waals surface area contributed by atoms with Crippen LogP contribution in [0.5, 0.6) is 0 Å². The molecule has 0 spiro atoms. The molecule has 0 saturated carbocycles. The van der Waals surface area contributed by atoms with E-state index in [-0.39, 0.29) is 11.4 Å². The lowest BCUT2D eigenvalue weighted by Gasteiger charge is -2.22. The zero-order valence-corrected chi connectivity index (χ0v) is 8.86. The van der Waals surface area contributed by atoms with Crippen LogP contribution in [0, 0.1) is 5.95 Å². The van der Waals surface area contributed by atoms with E-state index in [0.717, 1.165) is 25.9 Å². The molecule has 1 aromatic heterocycles. The van der Waals surface area contributed by atoms with E-state index in [9.17, 15) is 4.39 Å². The first-order valence-electron chi connectivity index (χ1n) is 5.41. The number of aromatic nitrogens is 1. The lowest BCUT2D eigenvalue weighted by Crippen LogP contribution is -2.34. The average Bonchev–Trinajstić information content (AvgIpc) is 2.29. The SMILES string of the molecule is OB(O)c1ccc(C2CCNCC2)nc1F. The minimum atomic E-state index is -1.80.